The van der Waals surface area contributed by atoms with Crippen molar-refractivity contribution < 1.29 is 19.1 Å². The van der Waals surface area contributed by atoms with Crippen molar-refractivity contribution in [3.63, 3.8) is 0 Å². The van der Waals surface area contributed by atoms with Gasteiger partial charge in [0.1, 0.15) is 5.75 Å². The molecule has 0 spiro atoms. The summed E-state index contributed by atoms with van der Waals surface area (Å²) in [5.74, 6) is -0.0989. The summed E-state index contributed by atoms with van der Waals surface area (Å²) in [6.07, 6.45) is -0.757. The summed E-state index contributed by atoms with van der Waals surface area (Å²) >= 11 is 0. The first-order chi connectivity index (χ1) is 12.5. The standard InChI is InChI=1S/C20H24N2O4/c1-13(2)19(23)22-17-12-15(25-3)10-11-16(17)21-20(24)18(26-4)14-8-6-5-7-9-14/h5-13,18H,1-4H3,(H,21,24)(H,22,23)/t18-/m0/s1. The van der Waals surface area contributed by atoms with Gasteiger partial charge in [-0.2, -0.15) is 0 Å². The van der Waals surface area contributed by atoms with Crippen LogP contribution in [-0.4, -0.2) is 26.0 Å². The van der Waals surface area contributed by atoms with E-state index in [1.807, 2.05) is 30.3 Å². The van der Waals surface area contributed by atoms with Gasteiger partial charge in [-0.15, -0.1) is 0 Å². The van der Waals surface area contributed by atoms with Gasteiger partial charge in [0.05, 0.1) is 18.5 Å². The fourth-order valence-electron chi connectivity index (χ4n) is 2.36. The molecule has 0 fully saturated rings. The van der Waals surface area contributed by atoms with E-state index in [4.69, 9.17) is 9.47 Å². The predicted molar refractivity (Wildman–Crippen MR) is 101 cm³/mol. The third-order valence-corrected chi connectivity index (χ3v) is 3.84. The molecule has 0 saturated heterocycles. The maximum atomic E-state index is 12.7. The van der Waals surface area contributed by atoms with E-state index in [1.54, 1.807) is 32.0 Å². The van der Waals surface area contributed by atoms with Gasteiger partial charge in [-0.25, -0.2) is 0 Å². The van der Waals surface area contributed by atoms with E-state index < -0.39 is 6.10 Å². The summed E-state index contributed by atoms with van der Waals surface area (Å²) in [7, 11) is 3.02. The zero-order valence-corrected chi connectivity index (χ0v) is 15.4. The Morgan fingerprint density at radius 3 is 2.12 bits per heavy atom. The number of ether oxygens (including phenoxy) is 2. The second kappa shape index (κ2) is 9.01. The summed E-state index contributed by atoms with van der Waals surface area (Å²) in [5, 5.41) is 5.63. The van der Waals surface area contributed by atoms with E-state index >= 15 is 0 Å². The highest BCUT2D eigenvalue weighted by atomic mass is 16.5. The molecule has 0 aliphatic heterocycles. The monoisotopic (exact) mass is 356 g/mol. The van der Waals surface area contributed by atoms with Gasteiger partial charge in [-0.1, -0.05) is 44.2 Å². The van der Waals surface area contributed by atoms with Crippen molar-refractivity contribution in [2.75, 3.05) is 24.9 Å². The van der Waals surface area contributed by atoms with Gasteiger partial charge in [0, 0.05) is 19.1 Å². The molecule has 0 radical (unpaired) electrons. The van der Waals surface area contributed by atoms with Crippen LogP contribution in [0, 0.1) is 5.92 Å². The molecule has 0 saturated carbocycles. The number of carbonyl (C=O) groups is 2. The van der Waals surface area contributed by atoms with E-state index in [9.17, 15) is 9.59 Å². The molecule has 0 aliphatic carbocycles. The van der Waals surface area contributed by atoms with Crippen LogP contribution in [0.1, 0.15) is 25.5 Å². The molecule has 2 aromatic carbocycles. The smallest absolute Gasteiger partial charge is 0.258 e. The molecular formula is C20H24N2O4. The Morgan fingerprint density at radius 2 is 1.54 bits per heavy atom. The van der Waals surface area contributed by atoms with Gasteiger partial charge in [0.2, 0.25) is 5.91 Å². The second-order valence-electron chi connectivity index (χ2n) is 6.07. The lowest BCUT2D eigenvalue weighted by Crippen LogP contribution is -2.24. The van der Waals surface area contributed by atoms with Crippen LogP contribution in [-0.2, 0) is 14.3 Å². The van der Waals surface area contributed by atoms with Crippen LogP contribution in [0.25, 0.3) is 0 Å². The average molecular weight is 356 g/mol. The van der Waals surface area contributed by atoms with Crippen molar-refractivity contribution in [3.8, 4) is 5.75 Å². The molecule has 2 N–H and O–H groups in total. The van der Waals surface area contributed by atoms with Crippen LogP contribution >= 0.6 is 0 Å². The first kappa shape index (κ1) is 19.5. The minimum Gasteiger partial charge on any atom is -0.497 e. The van der Waals surface area contributed by atoms with Gasteiger partial charge in [-0.05, 0) is 17.7 Å². The molecule has 2 amide bonds. The van der Waals surface area contributed by atoms with Crippen LogP contribution in [0.15, 0.2) is 48.5 Å². The quantitative estimate of drug-likeness (QED) is 0.794. The van der Waals surface area contributed by atoms with E-state index in [2.05, 4.69) is 10.6 Å². The molecule has 138 valence electrons. The third-order valence-electron chi connectivity index (χ3n) is 3.84. The normalized spacial score (nSPS) is 11.7. The number of methoxy groups -OCH3 is 2. The summed E-state index contributed by atoms with van der Waals surface area (Å²) in [6, 6.07) is 14.3. The van der Waals surface area contributed by atoms with Crippen LogP contribution < -0.4 is 15.4 Å². The Labute approximate surface area is 153 Å². The van der Waals surface area contributed by atoms with Gasteiger partial charge in [-0.3, -0.25) is 9.59 Å². The highest BCUT2D eigenvalue weighted by molar-refractivity contribution is 6.01. The Morgan fingerprint density at radius 1 is 0.885 bits per heavy atom. The van der Waals surface area contributed by atoms with Crippen molar-refractivity contribution in [3.05, 3.63) is 54.1 Å². The minimum atomic E-state index is -0.757. The summed E-state index contributed by atoms with van der Waals surface area (Å²) in [4.78, 5) is 24.8. The lowest BCUT2D eigenvalue weighted by molar-refractivity contribution is -0.126. The number of hydrogen-bond donors (Lipinski definition) is 2. The molecule has 2 aromatic rings. The molecule has 0 aliphatic rings. The zero-order valence-electron chi connectivity index (χ0n) is 15.4. The van der Waals surface area contributed by atoms with E-state index in [-0.39, 0.29) is 17.7 Å². The number of carbonyl (C=O) groups excluding carboxylic acids is 2. The van der Waals surface area contributed by atoms with Gasteiger partial charge < -0.3 is 20.1 Å². The number of amides is 2. The number of anilines is 2. The molecular weight excluding hydrogens is 332 g/mol. The molecule has 6 nitrogen and oxygen atoms in total. The Balaban J connectivity index is 2.26. The van der Waals surface area contributed by atoms with E-state index in [0.29, 0.717) is 17.1 Å². The van der Waals surface area contributed by atoms with Crippen molar-refractivity contribution >= 4 is 23.2 Å². The Kier molecular flexibility index (Phi) is 6.74. The van der Waals surface area contributed by atoms with Crippen molar-refractivity contribution in [2.24, 2.45) is 5.92 Å². The molecule has 0 heterocycles. The van der Waals surface area contributed by atoms with Crippen molar-refractivity contribution in [2.45, 2.75) is 20.0 Å². The first-order valence-corrected chi connectivity index (χ1v) is 8.33. The topological polar surface area (TPSA) is 76.7 Å². The third kappa shape index (κ3) is 4.83. The highest BCUT2D eigenvalue weighted by Gasteiger charge is 2.21. The summed E-state index contributed by atoms with van der Waals surface area (Å²) in [6.45, 7) is 3.59. The summed E-state index contributed by atoms with van der Waals surface area (Å²) < 4.78 is 10.6. The van der Waals surface area contributed by atoms with Crippen LogP contribution in [0.4, 0.5) is 11.4 Å². The van der Waals surface area contributed by atoms with Gasteiger partial charge in [0.25, 0.3) is 5.91 Å². The zero-order chi connectivity index (χ0) is 19.1. The highest BCUT2D eigenvalue weighted by Crippen LogP contribution is 2.29. The molecule has 0 aromatic heterocycles. The lowest BCUT2D eigenvalue weighted by atomic mass is 10.1. The fourth-order valence-corrected chi connectivity index (χ4v) is 2.36. The van der Waals surface area contributed by atoms with E-state index in [0.717, 1.165) is 5.56 Å². The van der Waals surface area contributed by atoms with E-state index in [1.165, 1.54) is 14.2 Å². The van der Waals surface area contributed by atoms with Gasteiger partial charge >= 0.3 is 0 Å². The maximum Gasteiger partial charge on any atom is 0.258 e. The molecule has 0 bridgehead atoms. The minimum absolute atomic E-state index is 0.153. The SMILES string of the molecule is COc1ccc(NC(=O)[C@@H](OC)c2ccccc2)c(NC(=O)C(C)C)c1. The van der Waals surface area contributed by atoms with Crippen LogP contribution in [0.3, 0.4) is 0 Å². The lowest BCUT2D eigenvalue weighted by Gasteiger charge is -2.18. The van der Waals surface area contributed by atoms with Crippen molar-refractivity contribution in [1.82, 2.24) is 0 Å². The Bertz CT molecular complexity index is 760. The van der Waals surface area contributed by atoms with Crippen LogP contribution in [0.2, 0.25) is 0 Å². The average Bonchev–Trinajstić information content (AvgIpc) is 2.64. The molecule has 26 heavy (non-hydrogen) atoms. The predicted octanol–water partition coefficient (Wildman–Crippen LogP) is 3.62. The second-order valence-corrected chi connectivity index (χ2v) is 6.07. The molecule has 6 heteroatoms. The number of hydrogen-bond acceptors (Lipinski definition) is 4. The maximum absolute atomic E-state index is 12.7. The molecule has 2 rings (SSSR count). The van der Waals surface area contributed by atoms with Crippen molar-refractivity contribution in [1.29, 1.82) is 0 Å². The van der Waals surface area contributed by atoms with Gasteiger partial charge in [0.15, 0.2) is 6.10 Å². The number of benzene rings is 2. The molecule has 1 atom stereocenters. The molecule has 0 unspecified atom stereocenters. The number of rotatable bonds is 7. The number of nitrogens with one attached hydrogen (secondary N) is 2. The Hall–Kier alpha value is -2.86. The fraction of sp³-hybridized carbons (Fsp3) is 0.300. The van der Waals surface area contributed by atoms with Crippen LogP contribution in [0.5, 0.6) is 5.75 Å². The largest absolute Gasteiger partial charge is 0.497 e. The summed E-state index contributed by atoms with van der Waals surface area (Å²) in [5.41, 5.74) is 1.69. The first-order valence-electron chi connectivity index (χ1n) is 8.33.